The van der Waals surface area contributed by atoms with Crippen molar-refractivity contribution in [1.82, 2.24) is 20.7 Å². The van der Waals surface area contributed by atoms with Gasteiger partial charge in [-0.1, -0.05) is 61.2 Å². The van der Waals surface area contributed by atoms with Crippen molar-refractivity contribution in [2.24, 2.45) is 0 Å². The number of amides is 3. The molecule has 9 nitrogen and oxygen atoms in total. The maximum atomic E-state index is 13.2. The first kappa shape index (κ1) is 24.8. The third-order valence-corrected chi connectivity index (χ3v) is 5.37. The largest absolute Gasteiger partial charge is 0.464 e. The highest BCUT2D eigenvalue weighted by molar-refractivity contribution is 6.30. The topological polar surface area (TPSA) is 125 Å². The maximum Gasteiger partial charge on any atom is 0.425 e. The first-order chi connectivity index (χ1) is 16.3. The van der Waals surface area contributed by atoms with Gasteiger partial charge in [0.1, 0.15) is 0 Å². The van der Waals surface area contributed by atoms with Crippen molar-refractivity contribution in [3.63, 3.8) is 0 Å². The molecular weight excluding hydrogens is 458 g/mol. The normalized spacial score (nSPS) is 10.6. The van der Waals surface area contributed by atoms with Crippen molar-refractivity contribution in [3.8, 4) is 11.3 Å². The number of hydrazine groups is 1. The third-order valence-electron chi connectivity index (χ3n) is 5.12. The van der Waals surface area contributed by atoms with Crippen LogP contribution in [0.25, 0.3) is 11.3 Å². The third kappa shape index (κ3) is 6.14. The Hall–Kier alpha value is -3.85. The molecule has 2 aromatic carbocycles. The molecule has 0 aliphatic heterocycles. The molecule has 0 aliphatic carbocycles. The lowest BCUT2D eigenvalue weighted by Crippen LogP contribution is -2.43. The lowest BCUT2D eigenvalue weighted by atomic mass is 10.00. The summed E-state index contributed by atoms with van der Waals surface area (Å²) in [7, 11) is 0. The van der Waals surface area contributed by atoms with Crippen LogP contribution >= 0.6 is 11.6 Å². The van der Waals surface area contributed by atoms with Crippen LogP contribution in [-0.2, 0) is 6.42 Å². The highest BCUT2D eigenvalue weighted by atomic mass is 35.5. The summed E-state index contributed by atoms with van der Waals surface area (Å²) in [6.07, 6.45) is 1.75. The Kier molecular flexibility index (Phi) is 8.26. The number of carbonyl (C=O) groups excluding carboxylic acids is 2. The van der Waals surface area contributed by atoms with E-state index in [-0.39, 0.29) is 5.69 Å². The van der Waals surface area contributed by atoms with E-state index in [0.29, 0.717) is 33.8 Å². The Bertz CT molecular complexity index is 1190. The fourth-order valence-corrected chi connectivity index (χ4v) is 3.64. The molecule has 0 aliphatic rings. The number of unbranched alkanes of at least 4 members (excludes halogenated alkanes) is 2. The van der Waals surface area contributed by atoms with Gasteiger partial charge >= 0.3 is 6.09 Å². The SMILES string of the molecule is CCCCCc1c(-c2ccc(Cl)cc2)nn(NC(=O)O)c1C(=O)NNC(=O)c1cccc(C)c1. The summed E-state index contributed by atoms with van der Waals surface area (Å²) in [6, 6.07) is 13.8. The zero-order valence-electron chi connectivity index (χ0n) is 18.9. The number of carboxylic acid groups (broad SMARTS) is 1. The number of nitrogens with one attached hydrogen (secondary N) is 3. The van der Waals surface area contributed by atoms with Gasteiger partial charge in [0, 0.05) is 21.7 Å². The molecule has 0 radical (unpaired) electrons. The molecule has 0 fully saturated rings. The number of hydrogen-bond donors (Lipinski definition) is 4. The van der Waals surface area contributed by atoms with Crippen LogP contribution in [0.3, 0.4) is 0 Å². The van der Waals surface area contributed by atoms with Gasteiger partial charge in [-0.05, 0) is 44.0 Å². The van der Waals surface area contributed by atoms with E-state index in [0.717, 1.165) is 29.6 Å². The van der Waals surface area contributed by atoms with Gasteiger partial charge in [0.15, 0.2) is 5.69 Å². The Morgan fingerprint density at radius 2 is 1.74 bits per heavy atom. The second-order valence-electron chi connectivity index (χ2n) is 7.75. The molecule has 3 rings (SSSR count). The molecule has 1 heterocycles. The van der Waals surface area contributed by atoms with Crippen LogP contribution in [0.4, 0.5) is 4.79 Å². The van der Waals surface area contributed by atoms with Crippen molar-refractivity contribution in [3.05, 3.63) is 75.9 Å². The lowest BCUT2D eigenvalue weighted by molar-refractivity contribution is 0.0840. The van der Waals surface area contributed by atoms with Crippen molar-refractivity contribution < 1.29 is 19.5 Å². The number of nitrogens with zero attached hydrogens (tertiary/aromatic N) is 2. The van der Waals surface area contributed by atoms with E-state index in [4.69, 9.17) is 11.6 Å². The fraction of sp³-hybridized carbons (Fsp3) is 0.250. The number of hydrogen-bond acceptors (Lipinski definition) is 4. The Balaban J connectivity index is 1.96. The highest BCUT2D eigenvalue weighted by Crippen LogP contribution is 2.28. The average Bonchev–Trinajstić information content (AvgIpc) is 3.15. The van der Waals surface area contributed by atoms with Gasteiger partial charge in [0.05, 0.1) is 5.69 Å². The number of rotatable bonds is 8. The molecule has 178 valence electrons. The van der Waals surface area contributed by atoms with Gasteiger partial charge in [-0.3, -0.25) is 20.4 Å². The molecule has 3 amide bonds. The van der Waals surface area contributed by atoms with E-state index in [2.05, 4.69) is 28.3 Å². The van der Waals surface area contributed by atoms with Gasteiger partial charge in [-0.2, -0.15) is 9.89 Å². The smallest absolute Gasteiger partial charge is 0.425 e. The van der Waals surface area contributed by atoms with Crippen molar-refractivity contribution in [2.75, 3.05) is 5.43 Å². The molecule has 0 saturated carbocycles. The molecule has 4 N–H and O–H groups in total. The summed E-state index contributed by atoms with van der Waals surface area (Å²) >= 11 is 6.01. The van der Waals surface area contributed by atoms with E-state index in [1.54, 1.807) is 42.5 Å². The number of halogens is 1. The van der Waals surface area contributed by atoms with Crippen LogP contribution in [0.5, 0.6) is 0 Å². The number of aromatic nitrogens is 2. The van der Waals surface area contributed by atoms with E-state index in [1.807, 2.05) is 13.0 Å². The minimum absolute atomic E-state index is 0.00649. The van der Waals surface area contributed by atoms with Gasteiger partial charge < -0.3 is 5.11 Å². The molecule has 34 heavy (non-hydrogen) atoms. The molecule has 10 heteroatoms. The van der Waals surface area contributed by atoms with Gasteiger partial charge in [-0.15, -0.1) is 0 Å². The molecule has 1 aromatic heterocycles. The Morgan fingerprint density at radius 3 is 2.38 bits per heavy atom. The minimum Gasteiger partial charge on any atom is -0.464 e. The summed E-state index contributed by atoms with van der Waals surface area (Å²) in [5, 5.41) is 14.2. The average molecular weight is 484 g/mol. The van der Waals surface area contributed by atoms with Gasteiger partial charge in [-0.25, -0.2) is 10.2 Å². The van der Waals surface area contributed by atoms with Gasteiger partial charge in [0.2, 0.25) is 0 Å². The first-order valence-electron chi connectivity index (χ1n) is 10.8. The zero-order chi connectivity index (χ0) is 24.7. The van der Waals surface area contributed by atoms with Crippen LogP contribution in [0.2, 0.25) is 5.02 Å². The van der Waals surface area contributed by atoms with Crippen molar-refractivity contribution in [2.45, 2.75) is 39.5 Å². The fourth-order valence-electron chi connectivity index (χ4n) is 3.51. The van der Waals surface area contributed by atoms with Crippen LogP contribution in [-0.4, -0.2) is 32.9 Å². The molecule has 0 atom stereocenters. The summed E-state index contributed by atoms with van der Waals surface area (Å²) in [6.45, 7) is 3.91. The van der Waals surface area contributed by atoms with E-state index in [9.17, 15) is 19.5 Å². The number of carbonyl (C=O) groups is 3. The highest BCUT2D eigenvalue weighted by Gasteiger charge is 2.26. The lowest BCUT2D eigenvalue weighted by Gasteiger charge is -2.11. The maximum absolute atomic E-state index is 13.2. The van der Waals surface area contributed by atoms with E-state index in [1.165, 1.54) is 0 Å². The van der Waals surface area contributed by atoms with E-state index >= 15 is 0 Å². The monoisotopic (exact) mass is 483 g/mol. The van der Waals surface area contributed by atoms with Crippen LogP contribution < -0.4 is 16.3 Å². The predicted octanol–water partition coefficient (Wildman–Crippen LogP) is 4.54. The molecule has 0 saturated heterocycles. The zero-order valence-corrected chi connectivity index (χ0v) is 19.6. The number of aryl methyl sites for hydroxylation is 1. The summed E-state index contributed by atoms with van der Waals surface area (Å²) < 4.78 is 0. The summed E-state index contributed by atoms with van der Waals surface area (Å²) in [5.41, 5.74) is 9.87. The first-order valence-corrected chi connectivity index (χ1v) is 11.2. The predicted molar refractivity (Wildman–Crippen MR) is 129 cm³/mol. The second kappa shape index (κ2) is 11.3. The van der Waals surface area contributed by atoms with E-state index < -0.39 is 17.9 Å². The van der Waals surface area contributed by atoms with Crippen LogP contribution in [0, 0.1) is 6.92 Å². The van der Waals surface area contributed by atoms with Crippen LogP contribution in [0.1, 0.15) is 58.2 Å². The molecule has 3 aromatic rings. The summed E-state index contributed by atoms with van der Waals surface area (Å²) in [5.74, 6) is -1.20. The van der Waals surface area contributed by atoms with Gasteiger partial charge in [0.25, 0.3) is 11.8 Å². The molecule has 0 bridgehead atoms. The number of benzene rings is 2. The molecule has 0 unspecified atom stereocenters. The molecule has 0 spiro atoms. The second-order valence-corrected chi connectivity index (χ2v) is 8.18. The quantitative estimate of drug-likeness (QED) is 0.276. The summed E-state index contributed by atoms with van der Waals surface area (Å²) in [4.78, 5) is 38.0. The standard InChI is InChI=1S/C24H26ClN5O4/c1-3-4-5-9-19-20(16-10-12-18(25)13-11-16)28-30(29-24(33)34)21(19)23(32)27-26-22(31)17-8-6-7-15(2)14-17/h6-8,10-14,29H,3-5,9H2,1-2H3,(H,26,31)(H,27,32)(H,33,34). The minimum atomic E-state index is -1.39. The van der Waals surface area contributed by atoms with Crippen molar-refractivity contribution >= 4 is 29.5 Å². The molecular formula is C24H26ClN5O4. The Labute approximate surface area is 202 Å². The van der Waals surface area contributed by atoms with Crippen LogP contribution in [0.15, 0.2) is 48.5 Å². The van der Waals surface area contributed by atoms with Crippen molar-refractivity contribution in [1.29, 1.82) is 0 Å². The Morgan fingerprint density at radius 1 is 1.03 bits per heavy atom.